The number of methoxy groups -OCH3 is 2. The monoisotopic (exact) mass is 1230 g/mol. The van der Waals surface area contributed by atoms with Crippen molar-refractivity contribution in [1.29, 1.82) is 0 Å². The minimum atomic E-state index is -4.68. The molecule has 0 radical (unpaired) electrons. The summed E-state index contributed by atoms with van der Waals surface area (Å²) in [6, 6.07) is 34.3. The van der Waals surface area contributed by atoms with Crippen molar-refractivity contribution in [3.8, 4) is 44.9 Å². The average molecular weight is 1240 g/mol. The van der Waals surface area contributed by atoms with Crippen LogP contribution in [0, 0.1) is 23.3 Å². The molecule has 0 fully saturated rings. The molecule has 0 aliphatic rings. The van der Waals surface area contributed by atoms with E-state index in [1.807, 2.05) is 24.3 Å². The van der Waals surface area contributed by atoms with E-state index in [-0.39, 0.29) is 57.7 Å². The van der Waals surface area contributed by atoms with Crippen molar-refractivity contribution in [2.75, 3.05) is 24.9 Å². The molecular formula is C60H46BBrF10N2O10. The highest BCUT2D eigenvalue weighted by Gasteiger charge is 2.34. The second kappa shape index (κ2) is 28.3. The number of carbonyl (C=O) groups excluding carboxylic acids is 4. The van der Waals surface area contributed by atoms with E-state index in [4.69, 9.17) is 29.0 Å². The molecule has 0 aliphatic heterocycles. The standard InChI is InChI=1S/C30H22F5NO4.C16H14BrNO3.C14H10BF5O3/c1-17(37)36-21-10-11-24(26(15-21)29(38)39-2)22-5-3-4-6-23(22)25-13-19(30(33,34)35)8-12-28(25)40-16-18-7-9-20(31)14-27(18)32;1-10(19)18-11-7-8-12(14(9-11)16(20)21-2)13-5-3-4-6-15(13)17;16-10-3-1-8(12(17)6-10)7-23-13-4-2-9(14(18,19)20)5-11(13)15(21)22/h3-15H,16H2,1-2H3,(H,36,37);3-9H,1-2H3,(H,18,19);1-6,21-22H,7H2. The van der Waals surface area contributed by atoms with E-state index in [1.54, 1.807) is 54.6 Å². The van der Waals surface area contributed by atoms with Gasteiger partial charge in [0.2, 0.25) is 11.8 Å². The summed E-state index contributed by atoms with van der Waals surface area (Å²) in [4.78, 5) is 47.4. The predicted molar refractivity (Wildman–Crippen MR) is 296 cm³/mol. The Kier molecular flexibility index (Phi) is 21.6. The zero-order valence-corrected chi connectivity index (χ0v) is 45.9. The van der Waals surface area contributed by atoms with Gasteiger partial charge >= 0.3 is 31.4 Å². The lowest BCUT2D eigenvalue weighted by Gasteiger charge is -2.19. The summed E-state index contributed by atoms with van der Waals surface area (Å²) in [5.41, 5.74) is 1.36. The number of alkyl halides is 6. The van der Waals surface area contributed by atoms with Gasteiger partial charge in [0.05, 0.1) is 36.5 Å². The van der Waals surface area contributed by atoms with Crippen LogP contribution >= 0.6 is 15.9 Å². The van der Waals surface area contributed by atoms with Crippen LogP contribution in [0.3, 0.4) is 0 Å². The van der Waals surface area contributed by atoms with Crippen LogP contribution in [0.2, 0.25) is 0 Å². The summed E-state index contributed by atoms with van der Waals surface area (Å²) < 4.78 is 154. The van der Waals surface area contributed by atoms with Crippen LogP contribution in [0.4, 0.5) is 55.3 Å². The Balaban J connectivity index is 0.000000219. The molecule has 0 heterocycles. The number of halogens is 11. The van der Waals surface area contributed by atoms with Crippen LogP contribution in [-0.2, 0) is 44.6 Å². The van der Waals surface area contributed by atoms with Gasteiger partial charge in [-0.15, -0.1) is 0 Å². The van der Waals surface area contributed by atoms with Crippen molar-refractivity contribution in [1.82, 2.24) is 0 Å². The molecule has 4 N–H and O–H groups in total. The van der Waals surface area contributed by atoms with Gasteiger partial charge in [-0.2, -0.15) is 26.3 Å². The molecule has 0 aromatic heterocycles. The lowest BCUT2D eigenvalue weighted by atomic mass is 9.78. The SMILES string of the molecule is COC(=O)c1cc(NC(C)=O)ccc1-c1ccccc1-c1cc(C(F)(F)F)ccc1OCc1ccc(F)cc1F.COC(=O)c1cc(NC(C)=O)ccc1-c1ccccc1Br.OB(O)c1cc(C(F)(F)F)ccc1OCc1ccc(F)cc1F. The molecule has 0 saturated carbocycles. The van der Waals surface area contributed by atoms with Gasteiger partial charge in [0.1, 0.15) is 48.0 Å². The van der Waals surface area contributed by atoms with E-state index in [0.29, 0.717) is 52.3 Å². The van der Waals surface area contributed by atoms with Crippen molar-refractivity contribution >= 4 is 63.6 Å². The topological polar surface area (TPSA) is 170 Å². The first kappa shape index (κ1) is 64.2. The molecule has 8 aromatic carbocycles. The molecule has 84 heavy (non-hydrogen) atoms. The number of nitrogens with one attached hydrogen (secondary N) is 2. The molecule has 8 rings (SSSR count). The molecule has 0 aliphatic carbocycles. The van der Waals surface area contributed by atoms with Crippen LogP contribution in [0.15, 0.2) is 162 Å². The molecule has 8 aromatic rings. The molecule has 24 heteroatoms. The third-order valence-corrected chi connectivity index (χ3v) is 12.6. The average Bonchev–Trinajstić information content (AvgIpc) is 1.76. The fourth-order valence-electron chi connectivity index (χ4n) is 8.00. The van der Waals surface area contributed by atoms with Gasteiger partial charge in [0.15, 0.2) is 0 Å². The van der Waals surface area contributed by atoms with E-state index in [1.165, 1.54) is 40.2 Å². The van der Waals surface area contributed by atoms with E-state index in [9.17, 15) is 63.1 Å². The summed E-state index contributed by atoms with van der Waals surface area (Å²) in [6.07, 6.45) is -9.34. The summed E-state index contributed by atoms with van der Waals surface area (Å²) in [5.74, 6) is -5.32. The molecule has 0 unspecified atom stereocenters. The van der Waals surface area contributed by atoms with E-state index < -0.39 is 77.9 Å². The first-order valence-corrected chi connectivity index (χ1v) is 25.2. The van der Waals surface area contributed by atoms with Gasteiger partial charge < -0.3 is 39.6 Å². The number of hydrogen-bond donors (Lipinski definition) is 4. The lowest BCUT2D eigenvalue weighted by Crippen LogP contribution is -2.32. The van der Waals surface area contributed by atoms with Gasteiger partial charge in [-0.1, -0.05) is 70.5 Å². The van der Waals surface area contributed by atoms with E-state index in [0.717, 1.165) is 58.1 Å². The van der Waals surface area contributed by atoms with Gasteiger partial charge in [-0.05, 0) is 119 Å². The molecule has 0 spiro atoms. The number of anilines is 2. The van der Waals surface area contributed by atoms with Crippen LogP contribution < -0.4 is 25.6 Å². The molecule has 436 valence electrons. The van der Waals surface area contributed by atoms with Crippen molar-refractivity contribution in [2.24, 2.45) is 0 Å². The Morgan fingerprint density at radius 2 is 0.905 bits per heavy atom. The Morgan fingerprint density at radius 3 is 1.33 bits per heavy atom. The first-order valence-electron chi connectivity index (χ1n) is 24.5. The molecule has 12 nitrogen and oxygen atoms in total. The second-order valence-corrected chi connectivity index (χ2v) is 18.6. The first-order chi connectivity index (χ1) is 39.7. The van der Waals surface area contributed by atoms with Crippen LogP contribution in [-0.4, -0.2) is 55.1 Å². The Bertz CT molecular complexity index is 3710. The largest absolute Gasteiger partial charge is 0.492 e. The number of carbonyl (C=O) groups is 4. The number of esters is 2. The van der Waals surface area contributed by atoms with Crippen molar-refractivity contribution in [3.63, 3.8) is 0 Å². The second-order valence-electron chi connectivity index (χ2n) is 17.8. The van der Waals surface area contributed by atoms with Crippen LogP contribution in [0.5, 0.6) is 11.5 Å². The molecule has 0 atom stereocenters. The summed E-state index contributed by atoms with van der Waals surface area (Å²) in [6.45, 7) is 1.91. The Labute approximate surface area is 481 Å². The molecule has 2 amide bonds. The Hall–Kier alpha value is -9.00. The van der Waals surface area contributed by atoms with Gasteiger partial charge in [0, 0.05) is 64.0 Å². The van der Waals surface area contributed by atoms with Crippen molar-refractivity contribution in [3.05, 3.63) is 219 Å². The maximum absolute atomic E-state index is 14.2. The molecular weight excluding hydrogens is 1190 g/mol. The van der Waals surface area contributed by atoms with Crippen LogP contribution in [0.1, 0.15) is 56.8 Å². The molecule has 0 bridgehead atoms. The van der Waals surface area contributed by atoms with Crippen LogP contribution in [0.25, 0.3) is 33.4 Å². The highest BCUT2D eigenvalue weighted by Crippen LogP contribution is 2.43. The minimum Gasteiger partial charge on any atom is -0.489 e. The fourth-order valence-corrected chi connectivity index (χ4v) is 8.50. The van der Waals surface area contributed by atoms with E-state index in [2.05, 4.69) is 26.6 Å². The minimum absolute atomic E-state index is 0.00124. The summed E-state index contributed by atoms with van der Waals surface area (Å²) >= 11 is 3.48. The van der Waals surface area contributed by atoms with Gasteiger partial charge in [0.25, 0.3) is 0 Å². The van der Waals surface area contributed by atoms with Gasteiger partial charge in [-0.25, -0.2) is 27.2 Å². The van der Waals surface area contributed by atoms with E-state index >= 15 is 0 Å². The Morgan fingerprint density at radius 1 is 0.488 bits per heavy atom. The van der Waals surface area contributed by atoms with Gasteiger partial charge in [-0.3, -0.25) is 9.59 Å². The smallest absolute Gasteiger partial charge is 0.489 e. The third kappa shape index (κ3) is 17.0. The summed E-state index contributed by atoms with van der Waals surface area (Å²) in [5, 5.41) is 23.6. The predicted octanol–water partition coefficient (Wildman–Crippen LogP) is 13.7. The zero-order chi connectivity index (χ0) is 61.6. The summed E-state index contributed by atoms with van der Waals surface area (Å²) in [7, 11) is 0.304. The maximum Gasteiger partial charge on any atom is 0.492 e. The molecule has 0 saturated heterocycles. The maximum atomic E-state index is 14.2. The highest BCUT2D eigenvalue weighted by molar-refractivity contribution is 9.10. The number of benzene rings is 8. The zero-order valence-electron chi connectivity index (χ0n) is 44.3. The van der Waals surface area contributed by atoms with Crippen molar-refractivity contribution < 1.29 is 92.1 Å². The third-order valence-electron chi connectivity index (χ3n) is 11.9. The number of ether oxygens (including phenoxy) is 4. The number of amides is 2. The highest BCUT2D eigenvalue weighted by atomic mass is 79.9. The van der Waals surface area contributed by atoms with Crippen molar-refractivity contribution in [2.45, 2.75) is 39.4 Å². The quantitative estimate of drug-likeness (QED) is 0.0467. The fraction of sp³-hybridized carbons (Fsp3) is 0.133. The lowest BCUT2D eigenvalue weighted by molar-refractivity contribution is -0.138. The normalized spacial score (nSPS) is 11.0. The number of hydrogen-bond acceptors (Lipinski definition) is 10. The number of rotatable bonds is 14.